The lowest BCUT2D eigenvalue weighted by Crippen LogP contribution is -2.34. The molecule has 0 aliphatic rings. The van der Waals surface area contributed by atoms with E-state index in [-0.39, 0.29) is 0 Å². The lowest BCUT2D eigenvalue weighted by atomic mass is 11.0. The van der Waals surface area contributed by atoms with Gasteiger partial charge in [-0.25, -0.2) is 16.8 Å². The first-order valence-corrected chi connectivity index (χ1v) is 6.36. The van der Waals surface area contributed by atoms with E-state index in [9.17, 15) is 16.8 Å². The van der Waals surface area contributed by atoms with E-state index in [1.165, 1.54) is 4.83 Å². The van der Waals surface area contributed by atoms with Gasteiger partial charge in [0.15, 0.2) is 0 Å². The van der Waals surface area contributed by atoms with Gasteiger partial charge in [-0.1, -0.05) is 0 Å². The van der Waals surface area contributed by atoms with Crippen molar-refractivity contribution in [2.24, 2.45) is 5.84 Å². The third kappa shape index (κ3) is 6.23. The van der Waals surface area contributed by atoms with E-state index in [4.69, 9.17) is 0 Å². The van der Waals surface area contributed by atoms with E-state index in [2.05, 4.69) is 5.84 Å². The minimum absolute atomic E-state index is 0.417. The third-order valence-corrected chi connectivity index (χ3v) is 3.21. The molecule has 0 saturated heterocycles. The Morgan fingerprint density at radius 1 is 1.18 bits per heavy atom. The first-order chi connectivity index (χ1) is 4.77. The van der Waals surface area contributed by atoms with Crippen molar-refractivity contribution < 1.29 is 16.8 Å². The van der Waals surface area contributed by atoms with Gasteiger partial charge in [0, 0.05) is 6.26 Å². The molecule has 8 heteroatoms. The lowest BCUT2D eigenvalue weighted by molar-refractivity contribution is 0.581. The summed E-state index contributed by atoms with van der Waals surface area (Å²) in [5.74, 6) is 3.69. The summed E-state index contributed by atoms with van der Waals surface area (Å²) in [6.45, 7) is 0. The summed E-state index contributed by atoms with van der Waals surface area (Å²) in [7, 11) is -6.85. The standard InChI is InChI=1S/C3H10N2O4S2/c1-10(6,7)2-3-11(8,9)5-4/h5H,2-4H2,1H3. The van der Waals surface area contributed by atoms with E-state index in [1.54, 1.807) is 0 Å². The number of rotatable bonds is 4. The Labute approximate surface area is 65.7 Å². The predicted molar refractivity (Wildman–Crippen MR) is 40.8 cm³/mol. The van der Waals surface area contributed by atoms with Gasteiger partial charge in [-0.3, -0.25) is 5.84 Å². The van der Waals surface area contributed by atoms with Crippen molar-refractivity contribution in [2.45, 2.75) is 0 Å². The van der Waals surface area contributed by atoms with Crippen molar-refractivity contribution in [2.75, 3.05) is 17.8 Å². The molecule has 0 aromatic carbocycles. The molecule has 68 valence electrons. The molecule has 0 aromatic rings. The highest BCUT2D eigenvalue weighted by Crippen LogP contribution is 1.87. The maximum Gasteiger partial charge on any atom is 0.225 e. The van der Waals surface area contributed by atoms with Crippen LogP contribution in [0.3, 0.4) is 0 Å². The second kappa shape index (κ2) is 3.48. The van der Waals surface area contributed by atoms with E-state index in [0.29, 0.717) is 0 Å². The zero-order valence-corrected chi connectivity index (χ0v) is 7.57. The molecule has 0 unspecified atom stereocenters. The van der Waals surface area contributed by atoms with E-state index in [0.717, 1.165) is 6.26 Å². The van der Waals surface area contributed by atoms with Crippen molar-refractivity contribution in [3.63, 3.8) is 0 Å². The highest BCUT2D eigenvalue weighted by atomic mass is 32.2. The minimum Gasteiger partial charge on any atom is -0.258 e. The molecule has 0 amide bonds. The fourth-order valence-corrected chi connectivity index (χ4v) is 2.53. The topological polar surface area (TPSA) is 106 Å². The number of hydrogen-bond acceptors (Lipinski definition) is 5. The number of hydrazine groups is 1. The molecule has 0 aliphatic carbocycles. The van der Waals surface area contributed by atoms with Gasteiger partial charge in [0.2, 0.25) is 10.0 Å². The zero-order chi connectivity index (χ0) is 9.12. The quantitative estimate of drug-likeness (QED) is 0.398. The Balaban J connectivity index is 4.13. The monoisotopic (exact) mass is 202 g/mol. The fourth-order valence-electron chi connectivity index (χ4n) is 0.320. The smallest absolute Gasteiger partial charge is 0.225 e. The van der Waals surface area contributed by atoms with Crippen molar-refractivity contribution in [1.82, 2.24) is 4.83 Å². The second-order valence-electron chi connectivity index (χ2n) is 2.07. The normalized spacial score (nSPS) is 13.3. The van der Waals surface area contributed by atoms with Crippen LogP contribution in [-0.2, 0) is 19.9 Å². The zero-order valence-electron chi connectivity index (χ0n) is 5.94. The Hall–Kier alpha value is -0.180. The van der Waals surface area contributed by atoms with Gasteiger partial charge < -0.3 is 0 Å². The van der Waals surface area contributed by atoms with Crippen LogP contribution in [0.5, 0.6) is 0 Å². The summed E-state index contributed by atoms with van der Waals surface area (Å²) >= 11 is 0. The van der Waals surface area contributed by atoms with E-state index >= 15 is 0 Å². The highest BCUT2D eigenvalue weighted by Gasteiger charge is 2.11. The molecule has 0 rings (SSSR count). The van der Waals surface area contributed by atoms with Crippen LogP contribution in [0.4, 0.5) is 0 Å². The first kappa shape index (κ1) is 10.8. The Morgan fingerprint density at radius 2 is 1.64 bits per heavy atom. The molecule has 6 nitrogen and oxygen atoms in total. The molecule has 0 aliphatic heterocycles. The molecule has 0 saturated carbocycles. The van der Waals surface area contributed by atoms with Crippen LogP contribution in [-0.4, -0.2) is 34.6 Å². The number of sulfone groups is 1. The van der Waals surface area contributed by atoms with Crippen LogP contribution in [0.2, 0.25) is 0 Å². The van der Waals surface area contributed by atoms with Crippen LogP contribution < -0.4 is 10.7 Å². The van der Waals surface area contributed by atoms with Gasteiger partial charge >= 0.3 is 0 Å². The maximum absolute atomic E-state index is 10.5. The van der Waals surface area contributed by atoms with Gasteiger partial charge in [0.25, 0.3) is 0 Å². The van der Waals surface area contributed by atoms with Crippen molar-refractivity contribution in [1.29, 1.82) is 0 Å². The summed E-state index contributed by atoms with van der Waals surface area (Å²) in [5.41, 5.74) is 0. The average Bonchev–Trinajstić information content (AvgIpc) is 1.83. The average molecular weight is 202 g/mol. The van der Waals surface area contributed by atoms with E-state index < -0.39 is 31.4 Å². The van der Waals surface area contributed by atoms with Gasteiger partial charge in [0.05, 0.1) is 11.5 Å². The lowest BCUT2D eigenvalue weighted by Gasteiger charge is -1.99. The maximum atomic E-state index is 10.5. The Bertz CT molecular complexity index is 302. The molecule has 0 aromatic heterocycles. The molecular formula is C3H10N2O4S2. The molecule has 0 radical (unpaired) electrons. The predicted octanol–water partition coefficient (Wildman–Crippen LogP) is -2.18. The second-order valence-corrected chi connectivity index (χ2v) is 6.20. The summed E-state index contributed by atoms with van der Waals surface area (Å²) in [5, 5.41) is 0. The molecule has 3 N–H and O–H groups in total. The summed E-state index contributed by atoms with van der Waals surface area (Å²) in [4.78, 5) is 1.52. The largest absolute Gasteiger partial charge is 0.258 e. The SMILES string of the molecule is CS(=O)(=O)CCS(=O)(=O)NN. The Morgan fingerprint density at radius 3 is 1.91 bits per heavy atom. The molecule has 0 atom stereocenters. The molecular weight excluding hydrogens is 192 g/mol. The van der Waals surface area contributed by atoms with Gasteiger partial charge in [-0.2, -0.15) is 4.83 Å². The van der Waals surface area contributed by atoms with Crippen LogP contribution in [0.25, 0.3) is 0 Å². The molecule has 0 bridgehead atoms. The van der Waals surface area contributed by atoms with Crippen LogP contribution >= 0.6 is 0 Å². The third-order valence-electron chi connectivity index (χ3n) is 0.902. The van der Waals surface area contributed by atoms with Gasteiger partial charge in [-0.15, -0.1) is 0 Å². The van der Waals surface area contributed by atoms with Crippen LogP contribution in [0, 0.1) is 0 Å². The Kier molecular flexibility index (Phi) is 3.42. The van der Waals surface area contributed by atoms with E-state index in [1.807, 2.05) is 0 Å². The highest BCUT2D eigenvalue weighted by molar-refractivity contribution is 7.93. The number of sulfonamides is 1. The number of nitrogens with one attached hydrogen (secondary N) is 1. The molecule has 0 heterocycles. The summed E-state index contributed by atoms with van der Waals surface area (Å²) in [6, 6.07) is 0. The number of nitrogens with two attached hydrogens (primary N) is 1. The summed E-state index contributed by atoms with van der Waals surface area (Å²) < 4.78 is 42.0. The molecule has 0 spiro atoms. The molecule has 0 fully saturated rings. The minimum atomic E-state index is -3.60. The fraction of sp³-hybridized carbons (Fsp3) is 1.00. The van der Waals surface area contributed by atoms with Crippen LogP contribution in [0.1, 0.15) is 0 Å². The van der Waals surface area contributed by atoms with Gasteiger partial charge in [-0.05, 0) is 0 Å². The first-order valence-electron chi connectivity index (χ1n) is 2.65. The van der Waals surface area contributed by atoms with Crippen molar-refractivity contribution in [3.8, 4) is 0 Å². The van der Waals surface area contributed by atoms with Gasteiger partial charge in [0.1, 0.15) is 9.84 Å². The van der Waals surface area contributed by atoms with Crippen molar-refractivity contribution >= 4 is 19.9 Å². The summed E-state index contributed by atoms with van der Waals surface area (Å²) in [6.07, 6.45) is 0.957. The van der Waals surface area contributed by atoms with Crippen molar-refractivity contribution in [3.05, 3.63) is 0 Å². The van der Waals surface area contributed by atoms with Crippen LogP contribution in [0.15, 0.2) is 0 Å². The number of hydrogen-bond donors (Lipinski definition) is 2. The molecule has 11 heavy (non-hydrogen) atoms.